The molecule has 2 N–H and O–H groups in total. The molecule has 11 heteroatoms. The van der Waals surface area contributed by atoms with E-state index in [0.717, 1.165) is 10.2 Å². The summed E-state index contributed by atoms with van der Waals surface area (Å²) in [5, 5.41) is 9.75. The molecule has 2 atom stereocenters. The van der Waals surface area contributed by atoms with Gasteiger partial charge in [0.05, 0.1) is 27.4 Å². The van der Waals surface area contributed by atoms with Gasteiger partial charge in [-0.05, 0) is 35.4 Å². The van der Waals surface area contributed by atoms with Gasteiger partial charge in [0, 0.05) is 19.0 Å². The molecule has 35 heavy (non-hydrogen) atoms. The van der Waals surface area contributed by atoms with E-state index in [1.54, 1.807) is 49.6 Å². The first-order valence-electron chi connectivity index (χ1n) is 10.8. The summed E-state index contributed by atoms with van der Waals surface area (Å²) in [7, 11) is 4.49. The molecular weight excluding hydrogens is 465 g/mol. The minimum atomic E-state index is -4.56. The van der Waals surface area contributed by atoms with Crippen LogP contribution in [0, 0.1) is 0 Å². The number of ether oxygens (including phenoxy) is 3. The first-order valence-corrected chi connectivity index (χ1v) is 10.8. The van der Waals surface area contributed by atoms with Crippen LogP contribution in [0.3, 0.4) is 0 Å². The quantitative estimate of drug-likeness (QED) is 0.507. The van der Waals surface area contributed by atoms with Crippen LogP contribution in [0.4, 0.5) is 19.0 Å². The lowest BCUT2D eigenvalue weighted by Gasteiger charge is -2.33. The van der Waals surface area contributed by atoms with Gasteiger partial charge >= 0.3 is 6.18 Å². The van der Waals surface area contributed by atoms with Crippen molar-refractivity contribution in [3.63, 3.8) is 0 Å². The molecule has 0 spiro atoms. The second-order valence-corrected chi connectivity index (χ2v) is 7.99. The van der Waals surface area contributed by atoms with Crippen molar-refractivity contribution in [1.82, 2.24) is 15.1 Å². The molecule has 186 valence electrons. The van der Waals surface area contributed by atoms with Crippen LogP contribution < -0.4 is 24.8 Å². The Kier molecular flexibility index (Phi) is 6.77. The smallest absolute Gasteiger partial charge is 0.410 e. The van der Waals surface area contributed by atoms with E-state index in [9.17, 15) is 18.0 Å². The number of carbonyl (C=O) groups excluding carboxylic acids is 1. The van der Waals surface area contributed by atoms with Crippen LogP contribution in [0.5, 0.6) is 17.2 Å². The highest BCUT2D eigenvalue weighted by Crippen LogP contribution is 2.44. The highest BCUT2D eigenvalue weighted by molar-refractivity contribution is 5.93. The topological polar surface area (TPSA) is 86.6 Å². The predicted octanol–water partition coefficient (Wildman–Crippen LogP) is 4.50. The van der Waals surface area contributed by atoms with Crippen molar-refractivity contribution < 1.29 is 32.2 Å². The number of fused-ring (bicyclic) bond motifs is 1. The van der Waals surface area contributed by atoms with Crippen molar-refractivity contribution >= 4 is 11.7 Å². The predicted molar refractivity (Wildman–Crippen MR) is 122 cm³/mol. The fourth-order valence-corrected chi connectivity index (χ4v) is 3.99. The van der Waals surface area contributed by atoms with Gasteiger partial charge in [-0.3, -0.25) is 4.79 Å². The van der Waals surface area contributed by atoms with Crippen LogP contribution in [-0.2, 0) is 6.54 Å². The van der Waals surface area contributed by atoms with Crippen LogP contribution in [0.15, 0.2) is 48.5 Å². The first-order chi connectivity index (χ1) is 16.7. The summed E-state index contributed by atoms with van der Waals surface area (Å²) in [6.45, 7) is 0.190. The van der Waals surface area contributed by atoms with Gasteiger partial charge in [-0.25, -0.2) is 4.68 Å². The van der Waals surface area contributed by atoms with E-state index in [4.69, 9.17) is 14.2 Å². The molecule has 0 saturated heterocycles. The molecule has 2 aromatic carbocycles. The molecule has 0 saturated carbocycles. The van der Waals surface area contributed by atoms with Crippen molar-refractivity contribution in [1.29, 1.82) is 0 Å². The summed E-state index contributed by atoms with van der Waals surface area (Å²) in [5.41, 5.74) is 1.29. The Balaban J connectivity index is 1.56. The second-order valence-electron chi connectivity index (χ2n) is 7.99. The van der Waals surface area contributed by atoms with Gasteiger partial charge in [0.25, 0.3) is 5.91 Å². The number of nitrogens with zero attached hydrogens (tertiary/aromatic N) is 2. The molecule has 0 bridgehead atoms. The molecule has 2 heterocycles. The third-order valence-electron chi connectivity index (χ3n) is 5.84. The third-order valence-corrected chi connectivity index (χ3v) is 5.84. The number of methoxy groups -OCH3 is 3. The fraction of sp³-hybridized carbons (Fsp3) is 0.333. The van der Waals surface area contributed by atoms with Crippen LogP contribution in [-0.4, -0.2) is 43.2 Å². The zero-order valence-electron chi connectivity index (χ0n) is 19.3. The van der Waals surface area contributed by atoms with Gasteiger partial charge in [0.1, 0.15) is 11.6 Å². The van der Waals surface area contributed by atoms with Crippen LogP contribution in [0.2, 0.25) is 0 Å². The van der Waals surface area contributed by atoms with Gasteiger partial charge in [-0.1, -0.05) is 18.2 Å². The summed E-state index contributed by atoms with van der Waals surface area (Å²) in [6, 6.07) is 10.8. The van der Waals surface area contributed by atoms with E-state index >= 15 is 0 Å². The first kappa shape index (κ1) is 24.2. The largest absolute Gasteiger partial charge is 0.497 e. The average Bonchev–Trinajstić information content (AvgIpc) is 3.30. The minimum absolute atomic E-state index is 0.105. The summed E-state index contributed by atoms with van der Waals surface area (Å²) >= 11 is 0. The van der Waals surface area contributed by atoms with Gasteiger partial charge in [0.2, 0.25) is 0 Å². The molecule has 2 unspecified atom stereocenters. The van der Waals surface area contributed by atoms with Crippen molar-refractivity contribution in [2.24, 2.45) is 0 Å². The Bertz CT molecular complexity index is 1190. The lowest BCUT2D eigenvalue weighted by molar-refractivity contribution is -0.173. The standard InChI is InChI=1S/C24H25F3N4O4/c1-33-16-7-4-14(5-8-16)13-28-23(32)18-12-22-29-17(11-21(24(25,26)27)31(22)30-18)15-6-9-19(34-2)20(10-15)35-3/h4-10,12,17,21,29H,11,13H2,1-3H3,(H,28,32). The summed E-state index contributed by atoms with van der Waals surface area (Å²) in [4.78, 5) is 12.7. The number of benzene rings is 2. The Hall–Kier alpha value is -3.89. The summed E-state index contributed by atoms with van der Waals surface area (Å²) < 4.78 is 58.4. The zero-order chi connectivity index (χ0) is 25.2. The molecule has 3 aromatic rings. The minimum Gasteiger partial charge on any atom is -0.497 e. The number of nitrogens with one attached hydrogen (secondary N) is 2. The molecule has 8 nitrogen and oxygen atoms in total. The van der Waals surface area contributed by atoms with Gasteiger partial charge in [0.15, 0.2) is 23.2 Å². The lowest BCUT2D eigenvalue weighted by atomic mass is 9.96. The van der Waals surface area contributed by atoms with E-state index in [0.29, 0.717) is 22.8 Å². The van der Waals surface area contributed by atoms with E-state index < -0.39 is 24.2 Å². The Labute approximate surface area is 200 Å². The van der Waals surface area contributed by atoms with Crippen molar-refractivity contribution in [3.05, 3.63) is 65.4 Å². The number of halogens is 3. The van der Waals surface area contributed by atoms with Crippen LogP contribution >= 0.6 is 0 Å². The average molecular weight is 490 g/mol. The van der Waals surface area contributed by atoms with Gasteiger partial charge in [-0.15, -0.1) is 0 Å². The second kappa shape index (κ2) is 9.77. The zero-order valence-corrected chi connectivity index (χ0v) is 19.3. The van der Waals surface area contributed by atoms with Crippen molar-refractivity contribution in [2.75, 3.05) is 26.6 Å². The number of alkyl halides is 3. The van der Waals surface area contributed by atoms with E-state index in [2.05, 4.69) is 15.7 Å². The highest BCUT2D eigenvalue weighted by atomic mass is 19.4. The SMILES string of the molecule is COc1ccc(CNC(=O)c2cc3n(n2)C(C(F)(F)F)CC(c2ccc(OC)c(OC)c2)N3)cc1. The maximum atomic E-state index is 14.0. The molecule has 1 aliphatic heterocycles. The molecule has 1 aliphatic rings. The van der Waals surface area contributed by atoms with Crippen LogP contribution in [0.1, 0.15) is 40.1 Å². The van der Waals surface area contributed by atoms with E-state index in [1.807, 2.05) is 0 Å². The normalized spacial score (nSPS) is 17.2. The Morgan fingerprint density at radius 2 is 1.77 bits per heavy atom. The number of hydrogen-bond donors (Lipinski definition) is 2. The number of hydrogen-bond acceptors (Lipinski definition) is 6. The molecule has 0 aliphatic carbocycles. The Morgan fingerprint density at radius 3 is 2.40 bits per heavy atom. The van der Waals surface area contributed by atoms with Gasteiger partial charge in [-0.2, -0.15) is 18.3 Å². The third kappa shape index (κ3) is 5.13. The summed E-state index contributed by atoms with van der Waals surface area (Å²) in [6.07, 6.45) is -4.87. The lowest BCUT2D eigenvalue weighted by Crippen LogP contribution is -2.35. The molecule has 4 rings (SSSR count). The van der Waals surface area contributed by atoms with E-state index in [-0.39, 0.29) is 24.5 Å². The molecule has 1 amide bonds. The maximum Gasteiger partial charge on any atom is 0.410 e. The van der Waals surface area contributed by atoms with Crippen LogP contribution in [0.25, 0.3) is 0 Å². The maximum absolute atomic E-state index is 14.0. The molecule has 0 radical (unpaired) electrons. The van der Waals surface area contributed by atoms with Crippen molar-refractivity contribution in [3.8, 4) is 17.2 Å². The molecule has 0 fully saturated rings. The fourth-order valence-electron chi connectivity index (χ4n) is 3.99. The monoisotopic (exact) mass is 490 g/mol. The summed E-state index contributed by atoms with van der Waals surface area (Å²) in [5.74, 6) is 1.09. The highest BCUT2D eigenvalue weighted by Gasteiger charge is 2.47. The van der Waals surface area contributed by atoms with Gasteiger partial charge < -0.3 is 24.8 Å². The number of aromatic nitrogens is 2. The number of amides is 1. The number of rotatable bonds is 7. The number of anilines is 1. The van der Waals surface area contributed by atoms with E-state index in [1.165, 1.54) is 20.3 Å². The van der Waals surface area contributed by atoms with Crippen molar-refractivity contribution in [2.45, 2.75) is 31.2 Å². The number of carbonyl (C=O) groups is 1. The molecule has 1 aromatic heterocycles. The Morgan fingerprint density at radius 1 is 1.06 bits per heavy atom. The molecular formula is C24H25F3N4O4.